The van der Waals surface area contributed by atoms with Crippen molar-refractivity contribution in [2.45, 2.75) is 110 Å². The van der Waals surface area contributed by atoms with Crippen LogP contribution in [0, 0.1) is 0 Å². The molecule has 0 aliphatic rings. The summed E-state index contributed by atoms with van der Waals surface area (Å²) in [6, 6.07) is 0. The van der Waals surface area contributed by atoms with Crippen LogP contribution in [0.15, 0.2) is 0 Å². The Balaban J connectivity index is 2.98. The van der Waals surface area contributed by atoms with Gasteiger partial charge in [0.2, 0.25) is 5.91 Å². The lowest BCUT2D eigenvalue weighted by Gasteiger charge is -2.03. The summed E-state index contributed by atoms with van der Waals surface area (Å²) in [4.78, 5) is 13.1. The molecule has 1 amide bonds. The SMILES string of the molecule is CCCCCCCCCCCCCCCCCC(=O)NCl. The van der Waals surface area contributed by atoms with Gasteiger partial charge >= 0.3 is 0 Å². The number of halogens is 1. The number of hydrogen-bond acceptors (Lipinski definition) is 1. The first-order valence-corrected chi connectivity index (χ1v) is 9.58. The van der Waals surface area contributed by atoms with E-state index in [1.807, 2.05) is 0 Å². The standard InChI is InChI=1S/C18H36ClNO/c1-2-3-4-5-6-7-8-9-10-11-12-13-14-15-16-17-18(21)20-19/h2-17H2,1H3,(H,20,21). The van der Waals surface area contributed by atoms with Crippen molar-refractivity contribution in [2.75, 3.05) is 0 Å². The Kier molecular flexibility index (Phi) is 17.6. The number of unbranched alkanes of at least 4 members (excludes halogenated alkanes) is 14. The Hall–Kier alpha value is -0.240. The van der Waals surface area contributed by atoms with Gasteiger partial charge in [-0.3, -0.25) is 9.63 Å². The van der Waals surface area contributed by atoms with Gasteiger partial charge in [0.25, 0.3) is 0 Å². The second kappa shape index (κ2) is 17.8. The summed E-state index contributed by atoms with van der Waals surface area (Å²) in [6.07, 6.45) is 20.8. The molecule has 126 valence electrons. The van der Waals surface area contributed by atoms with Gasteiger partial charge in [0.05, 0.1) is 0 Å². The molecule has 0 unspecified atom stereocenters. The van der Waals surface area contributed by atoms with Crippen molar-refractivity contribution in [1.29, 1.82) is 0 Å². The molecule has 0 aliphatic heterocycles. The number of nitrogens with one attached hydrogen (secondary N) is 1. The molecule has 0 fully saturated rings. The van der Waals surface area contributed by atoms with Crippen LogP contribution in [-0.2, 0) is 4.79 Å². The number of carbonyl (C=O) groups excluding carboxylic acids is 1. The van der Waals surface area contributed by atoms with Crippen LogP contribution in [0.1, 0.15) is 110 Å². The second-order valence-corrected chi connectivity index (χ2v) is 6.41. The van der Waals surface area contributed by atoms with E-state index in [2.05, 4.69) is 11.8 Å². The first-order valence-electron chi connectivity index (χ1n) is 9.20. The van der Waals surface area contributed by atoms with E-state index < -0.39 is 0 Å². The molecule has 21 heavy (non-hydrogen) atoms. The molecule has 0 saturated heterocycles. The maximum Gasteiger partial charge on any atom is 0.234 e. The van der Waals surface area contributed by atoms with Crippen LogP contribution in [0.2, 0.25) is 0 Å². The number of carbonyl (C=O) groups is 1. The van der Waals surface area contributed by atoms with Crippen LogP contribution in [0.3, 0.4) is 0 Å². The molecule has 0 radical (unpaired) electrons. The first-order chi connectivity index (χ1) is 10.3. The molecule has 0 rings (SSSR count). The average molecular weight is 318 g/mol. The van der Waals surface area contributed by atoms with E-state index in [9.17, 15) is 4.79 Å². The van der Waals surface area contributed by atoms with E-state index in [0.29, 0.717) is 6.42 Å². The Bertz CT molecular complexity index is 221. The van der Waals surface area contributed by atoms with E-state index in [1.54, 1.807) is 0 Å². The maximum atomic E-state index is 10.9. The summed E-state index contributed by atoms with van der Waals surface area (Å²) in [6.45, 7) is 2.27. The van der Waals surface area contributed by atoms with Crippen LogP contribution >= 0.6 is 11.8 Å². The zero-order valence-electron chi connectivity index (χ0n) is 14.1. The van der Waals surface area contributed by atoms with Crippen LogP contribution < -0.4 is 4.84 Å². The minimum absolute atomic E-state index is 0.0497. The summed E-state index contributed by atoms with van der Waals surface area (Å²) in [5, 5.41) is 0. The van der Waals surface area contributed by atoms with Crippen LogP contribution in [0.5, 0.6) is 0 Å². The lowest BCUT2D eigenvalue weighted by atomic mass is 10.0. The van der Waals surface area contributed by atoms with Crippen molar-refractivity contribution in [1.82, 2.24) is 4.84 Å². The minimum Gasteiger partial charge on any atom is -0.274 e. The third-order valence-corrected chi connectivity index (χ3v) is 4.32. The van der Waals surface area contributed by atoms with Gasteiger partial charge in [0.1, 0.15) is 0 Å². The number of hydrogen-bond donors (Lipinski definition) is 1. The zero-order valence-corrected chi connectivity index (χ0v) is 14.9. The lowest BCUT2D eigenvalue weighted by molar-refractivity contribution is -0.119. The van der Waals surface area contributed by atoms with Crippen LogP contribution in [-0.4, -0.2) is 5.91 Å². The molecule has 0 spiro atoms. The normalized spacial score (nSPS) is 10.8. The van der Waals surface area contributed by atoms with Crippen molar-refractivity contribution < 1.29 is 4.79 Å². The summed E-state index contributed by atoms with van der Waals surface area (Å²) >= 11 is 5.22. The zero-order chi connectivity index (χ0) is 15.6. The highest BCUT2D eigenvalue weighted by atomic mass is 35.5. The second-order valence-electron chi connectivity index (χ2n) is 6.22. The third kappa shape index (κ3) is 17.7. The Morgan fingerprint density at radius 3 is 1.33 bits per heavy atom. The highest BCUT2D eigenvalue weighted by Gasteiger charge is 1.98. The molecule has 1 N–H and O–H groups in total. The van der Waals surface area contributed by atoms with E-state index in [0.717, 1.165) is 12.8 Å². The fraction of sp³-hybridized carbons (Fsp3) is 0.944. The van der Waals surface area contributed by atoms with Gasteiger partial charge < -0.3 is 0 Å². The highest BCUT2D eigenvalue weighted by molar-refractivity contribution is 6.21. The number of rotatable bonds is 16. The molecule has 0 bridgehead atoms. The summed E-state index contributed by atoms with van der Waals surface area (Å²) in [7, 11) is 0. The van der Waals surface area contributed by atoms with Gasteiger partial charge in [-0.25, -0.2) is 0 Å². The molecule has 0 aromatic carbocycles. The first kappa shape index (κ1) is 20.8. The van der Waals surface area contributed by atoms with Gasteiger partial charge in [0, 0.05) is 18.2 Å². The molecule has 3 heteroatoms. The van der Waals surface area contributed by atoms with Crippen molar-refractivity contribution in [3.05, 3.63) is 0 Å². The summed E-state index contributed by atoms with van der Waals surface area (Å²) < 4.78 is 0. The lowest BCUT2D eigenvalue weighted by Crippen LogP contribution is -2.11. The molecule has 0 heterocycles. The molecule has 0 saturated carbocycles. The van der Waals surface area contributed by atoms with Crippen molar-refractivity contribution in [2.24, 2.45) is 0 Å². The Labute approximate surface area is 137 Å². The fourth-order valence-electron chi connectivity index (χ4n) is 2.70. The highest BCUT2D eigenvalue weighted by Crippen LogP contribution is 2.13. The van der Waals surface area contributed by atoms with E-state index >= 15 is 0 Å². The van der Waals surface area contributed by atoms with Crippen LogP contribution in [0.4, 0.5) is 0 Å². The topological polar surface area (TPSA) is 29.1 Å². The molecule has 2 nitrogen and oxygen atoms in total. The molecular formula is C18H36ClNO. The van der Waals surface area contributed by atoms with Gasteiger partial charge in [0.15, 0.2) is 0 Å². The molecule has 0 aromatic heterocycles. The molecular weight excluding hydrogens is 282 g/mol. The predicted octanol–water partition coefficient (Wildman–Crippen LogP) is 6.52. The van der Waals surface area contributed by atoms with Gasteiger partial charge in [-0.2, -0.15) is 0 Å². The smallest absolute Gasteiger partial charge is 0.234 e. The Morgan fingerprint density at radius 2 is 1.00 bits per heavy atom. The Morgan fingerprint density at radius 1 is 0.667 bits per heavy atom. The molecule has 0 atom stereocenters. The van der Waals surface area contributed by atoms with Crippen molar-refractivity contribution >= 4 is 17.7 Å². The monoisotopic (exact) mass is 317 g/mol. The van der Waals surface area contributed by atoms with Gasteiger partial charge in [-0.05, 0) is 6.42 Å². The largest absolute Gasteiger partial charge is 0.274 e. The average Bonchev–Trinajstić information content (AvgIpc) is 2.50. The van der Waals surface area contributed by atoms with E-state index in [4.69, 9.17) is 11.8 Å². The third-order valence-electron chi connectivity index (χ3n) is 4.11. The van der Waals surface area contributed by atoms with Crippen molar-refractivity contribution in [3.63, 3.8) is 0 Å². The minimum atomic E-state index is -0.0497. The molecule has 0 aromatic rings. The summed E-state index contributed by atoms with van der Waals surface area (Å²) in [5.74, 6) is -0.0497. The molecule has 0 aliphatic carbocycles. The quantitative estimate of drug-likeness (QED) is 0.255. The van der Waals surface area contributed by atoms with Crippen LogP contribution in [0.25, 0.3) is 0 Å². The number of amides is 1. The van der Waals surface area contributed by atoms with Crippen molar-refractivity contribution in [3.8, 4) is 0 Å². The fourth-order valence-corrected chi connectivity index (χ4v) is 2.80. The van der Waals surface area contributed by atoms with E-state index in [-0.39, 0.29) is 5.91 Å². The predicted molar refractivity (Wildman–Crippen MR) is 93.5 cm³/mol. The van der Waals surface area contributed by atoms with Gasteiger partial charge in [-0.1, -0.05) is 96.8 Å². The summed E-state index contributed by atoms with van der Waals surface area (Å²) in [5.41, 5.74) is 0. The van der Waals surface area contributed by atoms with E-state index in [1.165, 1.54) is 83.5 Å². The maximum absolute atomic E-state index is 10.9. The van der Waals surface area contributed by atoms with Gasteiger partial charge in [-0.15, -0.1) is 0 Å².